The minimum Gasteiger partial charge on any atom is -0.369 e. The zero-order chi connectivity index (χ0) is 13.8. The number of pyridine rings is 1. The first-order chi connectivity index (χ1) is 9.06. The highest BCUT2D eigenvalue weighted by Crippen LogP contribution is 2.22. The van der Waals surface area contributed by atoms with Crippen LogP contribution in [0.4, 0.5) is 5.82 Å². The van der Waals surface area contributed by atoms with Gasteiger partial charge in [-0.05, 0) is 32.4 Å². The molecule has 0 atom stereocenters. The predicted octanol–water partition coefficient (Wildman–Crippen LogP) is 3.70. The van der Waals surface area contributed by atoms with E-state index in [1.807, 2.05) is 11.6 Å². The van der Waals surface area contributed by atoms with Crippen LogP contribution in [0, 0.1) is 13.8 Å². The summed E-state index contributed by atoms with van der Waals surface area (Å²) in [5.41, 5.74) is 2.23. The van der Waals surface area contributed by atoms with Crippen molar-refractivity contribution in [2.75, 3.05) is 11.9 Å². The number of rotatable bonds is 5. The smallest absolute Gasteiger partial charge is 0.144 e. The number of hydrogen-bond donors (Lipinski definition) is 1. The van der Waals surface area contributed by atoms with Crippen LogP contribution in [0.15, 0.2) is 18.3 Å². The molecule has 2 rings (SSSR count). The standard InChI is InChI=1S/C13H16Cl2N4/c1-9-6-10(2)19(18-9)5-3-4-16-13-12(15)7-11(14)8-17-13/h6-8H,3-5H2,1-2H3,(H,16,17). The Bertz CT molecular complexity index is 566. The summed E-state index contributed by atoms with van der Waals surface area (Å²) in [5, 5.41) is 8.69. The average molecular weight is 299 g/mol. The van der Waals surface area contributed by atoms with Crippen LogP contribution in [-0.4, -0.2) is 21.3 Å². The van der Waals surface area contributed by atoms with E-state index in [-0.39, 0.29) is 0 Å². The molecule has 6 heteroatoms. The molecule has 0 amide bonds. The first-order valence-corrected chi connectivity index (χ1v) is 6.88. The Balaban J connectivity index is 1.82. The van der Waals surface area contributed by atoms with Gasteiger partial charge >= 0.3 is 0 Å². The number of anilines is 1. The number of nitrogens with zero attached hydrogens (tertiary/aromatic N) is 3. The van der Waals surface area contributed by atoms with Gasteiger partial charge in [0.05, 0.1) is 15.7 Å². The summed E-state index contributed by atoms with van der Waals surface area (Å²) in [6.45, 7) is 5.72. The third kappa shape index (κ3) is 3.85. The Labute approximate surface area is 122 Å². The molecule has 0 aliphatic rings. The van der Waals surface area contributed by atoms with Crippen LogP contribution in [0.25, 0.3) is 0 Å². The number of aryl methyl sites for hydroxylation is 3. The van der Waals surface area contributed by atoms with E-state index in [2.05, 4.69) is 28.4 Å². The van der Waals surface area contributed by atoms with E-state index in [9.17, 15) is 0 Å². The third-order valence-corrected chi connectivity index (χ3v) is 3.25. The van der Waals surface area contributed by atoms with Crippen molar-refractivity contribution in [1.82, 2.24) is 14.8 Å². The molecule has 0 bridgehead atoms. The van der Waals surface area contributed by atoms with E-state index < -0.39 is 0 Å². The van der Waals surface area contributed by atoms with Crippen molar-refractivity contribution in [2.24, 2.45) is 0 Å². The van der Waals surface area contributed by atoms with E-state index >= 15 is 0 Å². The van der Waals surface area contributed by atoms with Crippen molar-refractivity contribution in [3.8, 4) is 0 Å². The largest absolute Gasteiger partial charge is 0.369 e. The SMILES string of the molecule is Cc1cc(C)n(CCCNc2ncc(Cl)cc2Cl)n1. The topological polar surface area (TPSA) is 42.7 Å². The predicted molar refractivity (Wildman–Crippen MR) is 79.1 cm³/mol. The molecule has 4 nitrogen and oxygen atoms in total. The molecule has 19 heavy (non-hydrogen) atoms. The lowest BCUT2D eigenvalue weighted by Gasteiger charge is -2.08. The first-order valence-electron chi connectivity index (χ1n) is 6.12. The number of hydrogen-bond acceptors (Lipinski definition) is 3. The van der Waals surface area contributed by atoms with E-state index in [1.165, 1.54) is 5.69 Å². The number of aromatic nitrogens is 3. The molecule has 0 saturated heterocycles. The van der Waals surface area contributed by atoms with E-state index in [4.69, 9.17) is 23.2 Å². The molecule has 0 aliphatic heterocycles. The highest BCUT2D eigenvalue weighted by molar-refractivity contribution is 6.35. The second kappa shape index (κ2) is 6.26. The molecule has 2 aromatic heterocycles. The van der Waals surface area contributed by atoms with Crippen molar-refractivity contribution in [2.45, 2.75) is 26.8 Å². The minimum absolute atomic E-state index is 0.540. The van der Waals surface area contributed by atoms with Gasteiger partial charge in [-0.1, -0.05) is 23.2 Å². The molecule has 0 saturated carbocycles. The van der Waals surface area contributed by atoms with Crippen molar-refractivity contribution in [3.63, 3.8) is 0 Å². The monoisotopic (exact) mass is 298 g/mol. The molecular weight excluding hydrogens is 283 g/mol. The second-order valence-electron chi connectivity index (χ2n) is 4.41. The van der Waals surface area contributed by atoms with Gasteiger partial charge in [0.1, 0.15) is 5.82 Å². The van der Waals surface area contributed by atoms with E-state index in [1.54, 1.807) is 12.3 Å². The van der Waals surface area contributed by atoms with Crippen molar-refractivity contribution >= 4 is 29.0 Å². The molecule has 0 aliphatic carbocycles. The summed E-state index contributed by atoms with van der Waals surface area (Å²) in [4.78, 5) is 4.15. The highest BCUT2D eigenvalue weighted by atomic mass is 35.5. The van der Waals surface area contributed by atoms with Crippen LogP contribution in [0.2, 0.25) is 10.0 Å². The Morgan fingerprint density at radius 3 is 2.68 bits per heavy atom. The number of halogens is 2. The Hall–Kier alpha value is -1.26. The van der Waals surface area contributed by atoms with Crippen LogP contribution in [0.5, 0.6) is 0 Å². The minimum atomic E-state index is 0.540. The summed E-state index contributed by atoms with van der Waals surface area (Å²) < 4.78 is 2.01. The molecule has 0 spiro atoms. The fourth-order valence-electron chi connectivity index (χ4n) is 1.88. The number of nitrogens with one attached hydrogen (secondary N) is 1. The molecule has 0 unspecified atom stereocenters. The quantitative estimate of drug-likeness (QED) is 0.856. The zero-order valence-electron chi connectivity index (χ0n) is 11.0. The van der Waals surface area contributed by atoms with Crippen LogP contribution < -0.4 is 5.32 Å². The van der Waals surface area contributed by atoms with Gasteiger partial charge in [0.25, 0.3) is 0 Å². The Morgan fingerprint density at radius 1 is 1.26 bits per heavy atom. The molecule has 2 heterocycles. The van der Waals surface area contributed by atoms with Gasteiger partial charge < -0.3 is 5.32 Å². The highest BCUT2D eigenvalue weighted by Gasteiger charge is 2.03. The third-order valence-electron chi connectivity index (χ3n) is 2.75. The fraction of sp³-hybridized carbons (Fsp3) is 0.385. The first kappa shape index (κ1) is 14.2. The molecule has 0 fully saturated rings. The summed E-state index contributed by atoms with van der Waals surface area (Å²) in [7, 11) is 0. The van der Waals surface area contributed by atoms with Crippen LogP contribution >= 0.6 is 23.2 Å². The second-order valence-corrected chi connectivity index (χ2v) is 5.26. The average Bonchev–Trinajstić information content (AvgIpc) is 2.65. The van der Waals surface area contributed by atoms with Gasteiger partial charge in [-0.25, -0.2) is 4.98 Å². The molecule has 102 valence electrons. The van der Waals surface area contributed by atoms with Crippen LogP contribution in [-0.2, 0) is 6.54 Å². The summed E-state index contributed by atoms with van der Waals surface area (Å²) >= 11 is 11.8. The van der Waals surface area contributed by atoms with Gasteiger partial charge in [0, 0.05) is 25.0 Å². The van der Waals surface area contributed by atoms with Crippen LogP contribution in [0.3, 0.4) is 0 Å². The van der Waals surface area contributed by atoms with Gasteiger partial charge in [-0.3, -0.25) is 4.68 Å². The van der Waals surface area contributed by atoms with Gasteiger partial charge in [0.15, 0.2) is 0 Å². The normalized spacial score (nSPS) is 10.7. The van der Waals surface area contributed by atoms with E-state index in [0.717, 1.165) is 25.2 Å². The fourth-order valence-corrected chi connectivity index (χ4v) is 2.33. The van der Waals surface area contributed by atoms with Gasteiger partial charge in [-0.2, -0.15) is 5.10 Å². The zero-order valence-corrected chi connectivity index (χ0v) is 12.5. The summed E-state index contributed by atoms with van der Waals surface area (Å²) in [5.74, 6) is 0.666. The summed E-state index contributed by atoms with van der Waals surface area (Å²) in [6, 6.07) is 3.75. The maximum Gasteiger partial charge on any atom is 0.144 e. The Kier molecular flexibility index (Phi) is 4.66. The molecule has 0 radical (unpaired) electrons. The Morgan fingerprint density at radius 2 is 2.05 bits per heavy atom. The lowest BCUT2D eigenvalue weighted by Crippen LogP contribution is -2.09. The van der Waals surface area contributed by atoms with Crippen LogP contribution in [0.1, 0.15) is 17.8 Å². The van der Waals surface area contributed by atoms with Gasteiger partial charge in [0.2, 0.25) is 0 Å². The van der Waals surface area contributed by atoms with E-state index in [0.29, 0.717) is 15.9 Å². The lowest BCUT2D eigenvalue weighted by atomic mass is 10.3. The van der Waals surface area contributed by atoms with Crippen molar-refractivity contribution < 1.29 is 0 Å². The van der Waals surface area contributed by atoms with Crippen molar-refractivity contribution in [1.29, 1.82) is 0 Å². The van der Waals surface area contributed by atoms with Gasteiger partial charge in [-0.15, -0.1) is 0 Å². The summed E-state index contributed by atoms with van der Waals surface area (Å²) in [6.07, 6.45) is 2.53. The molecular formula is C13H16Cl2N4. The lowest BCUT2D eigenvalue weighted by molar-refractivity contribution is 0.573. The molecule has 1 N–H and O–H groups in total. The maximum atomic E-state index is 6.03. The van der Waals surface area contributed by atoms with Crippen molar-refractivity contribution in [3.05, 3.63) is 39.8 Å². The maximum absolute atomic E-state index is 6.03. The molecule has 0 aromatic carbocycles. The molecule has 2 aromatic rings.